The Hall–Kier alpha value is -3.66. The Bertz CT molecular complexity index is 1400. The fourth-order valence-electron chi connectivity index (χ4n) is 5.58. The van der Waals surface area contributed by atoms with E-state index < -0.39 is 12.2 Å². The first-order valence-corrected chi connectivity index (χ1v) is 12.5. The third-order valence-electron chi connectivity index (χ3n) is 7.60. The van der Waals surface area contributed by atoms with Gasteiger partial charge in [-0.15, -0.1) is 0 Å². The van der Waals surface area contributed by atoms with Gasteiger partial charge in [0.25, 0.3) is 0 Å². The van der Waals surface area contributed by atoms with Crippen LogP contribution in [0.15, 0.2) is 67.1 Å². The molecular formula is C27H28F3N7. The number of likely N-dealkylation sites (tertiary alicyclic amines) is 1. The van der Waals surface area contributed by atoms with Crippen molar-refractivity contribution in [1.82, 2.24) is 24.3 Å². The first-order valence-electron chi connectivity index (χ1n) is 12.5. The van der Waals surface area contributed by atoms with Gasteiger partial charge in [-0.25, -0.2) is 15.0 Å². The number of alkyl halides is 3. The molecular weight excluding hydrogens is 479 g/mol. The van der Waals surface area contributed by atoms with E-state index in [4.69, 9.17) is 4.98 Å². The lowest BCUT2D eigenvalue weighted by atomic mass is 10.1. The van der Waals surface area contributed by atoms with Crippen LogP contribution >= 0.6 is 0 Å². The highest BCUT2D eigenvalue weighted by Gasteiger charge is 2.51. The fraction of sp³-hybridized carbons (Fsp3) is 0.370. The summed E-state index contributed by atoms with van der Waals surface area (Å²) < 4.78 is 42.0. The quantitative estimate of drug-likeness (QED) is 0.388. The molecule has 3 aromatic heterocycles. The summed E-state index contributed by atoms with van der Waals surface area (Å²) in [6, 6.07) is 14.4. The molecule has 0 unspecified atom stereocenters. The topological polar surface area (TPSA) is 61.6 Å². The van der Waals surface area contributed by atoms with E-state index >= 15 is 0 Å². The molecule has 0 aliphatic carbocycles. The number of anilines is 2. The molecule has 1 aromatic carbocycles. The smallest absolute Gasteiger partial charge is 0.364 e. The zero-order valence-corrected chi connectivity index (χ0v) is 20.6. The predicted molar refractivity (Wildman–Crippen MR) is 136 cm³/mol. The van der Waals surface area contributed by atoms with Gasteiger partial charge < -0.3 is 10.2 Å². The minimum absolute atomic E-state index is 0.0236. The Morgan fingerprint density at radius 3 is 2.51 bits per heavy atom. The average molecular weight is 508 g/mol. The van der Waals surface area contributed by atoms with E-state index in [1.807, 2.05) is 47.0 Å². The second-order valence-corrected chi connectivity index (χ2v) is 9.91. The highest BCUT2D eigenvalue weighted by atomic mass is 19.4. The van der Waals surface area contributed by atoms with Gasteiger partial charge >= 0.3 is 6.18 Å². The molecule has 2 bridgehead atoms. The van der Waals surface area contributed by atoms with E-state index in [0.29, 0.717) is 25.5 Å². The van der Waals surface area contributed by atoms with Gasteiger partial charge in [0.1, 0.15) is 17.5 Å². The molecule has 0 radical (unpaired) electrons. The Balaban J connectivity index is 1.28. The second-order valence-electron chi connectivity index (χ2n) is 9.91. The highest BCUT2D eigenvalue weighted by molar-refractivity contribution is 5.68. The molecule has 0 saturated carbocycles. The van der Waals surface area contributed by atoms with Gasteiger partial charge in [-0.2, -0.15) is 13.2 Å². The van der Waals surface area contributed by atoms with Gasteiger partial charge in [-0.05, 0) is 38.0 Å². The Morgan fingerprint density at radius 1 is 0.973 bits per heavy atom. The molecule has 5 heterocycles. The van der Waals surface area contributed by atoms with Crippen LogP contribution in [0.4, 0.5) is 24.9 Å². The number of hydrogen-bond acceptors (Lipinski definition) is 6. The zero-order valence-electron chi connectivity index (χ0n) is 20.6. The molecule has 4 aromatic rings. The van der Waals surface area contributed by atoms with Crippen molar-refractivity contribution in [3.63, 3.8) is 0 Å². The van der Waals surface area contributed by atoms with Crippen molar-refractivity contribution in [3.8, 4) is 11.3 Å². The van der Waals surface area contributed by atoms with Crippen LogP contribution in [0.25, 0.3) is 16.9 Å². The number of imidazole rings is 1. The third-order valence-corrected chi connectivity index (χ3v) is 7.60. The van der Waals surface area contributed by atoms with E-state index in [1.165, 1.54) is 6.92 Å². The minimum Gasteiger partial charge on any atom is -0.364 e. The maximum absolute atomic E-state index is 13.4. The summed E-state index contributed by atoms with van der Waals surface area (Å²) in [7, 11) is 0. The van der Waals surface area contributed by atoms with Crippen molar-refractivity contribution < 1.29 is 13.2 Å². The Morgan fingerprint density at radius 2 is 1.78 bits per heavy atom. The number of aromatic nitrogens is 4. The van der Waals surface area contributed by atoms with Crippen molar-refractivity contribution >= 4 is 17.4 Å². The standard InChI is InChI=1S/C27H28F3N7/c1-17(19-6-4-3-5-7-19)33-24-12-20(8-9-31-24)23-14-25-32-10-11-35(25)26(34-23)37-16-21-13-22(37)15-36(21)18(2)27(28,29)30/h3-12,14,17-18,21-22H,13,15-16H2,1-2H3,(H,31,33)/t17-,18-,21-,22-/m0/s1. The van der Waals surface area contributed by atoms with Crippen molar-refractivity contribution in [2.45, 2.75) is 50.6 Å². The van der Waals surface area contributed by atoms with Gasteiger partial charge in [0.2, 0.25) is 5.95 Å². The largest absolute Gasteiger partial charge is 0.403 e. The molecule has 0 amide bonds. The molecule has 2 fully saturated rings. The van der Waals surface area contributed by atoms with Crippen molar-refractivity contribution in [2.75, 3.05) is 23.3 Å². The van der Waals surface area contributed by atoms with E-state index in [-0.39, 0.29) is 18.1 Å². The van der Waals surface area contributed by atoms with Crippen LogP contribution in [0.3, 0.4) is 0 Å². The summed E-state index contributed by atoms with van der Waals surface area (Å²) in [5.41, 5.74) is 3.54. The van der Waals surface area contributed by atoms with Gasteiger partial charge in [0.15, 0.2) is 0 Å². The Labute approximate surface area is 213 Å². The molecule has 2 aliphatic heterocycles. The van der Waals surface area contributed by atoms with Crippen LogP contribution in [0.2, 0.25) is 0 Å². The number of piperazine rings is 1. The summed E-state index contributed by atoms with van der Waals surface area (Å²) >= 11 is 0. The molecule has 2 aliphatic rings. The molecule has 4 atom stereocenters. The first-order chi connectivity index (χ1) is 17.8. The Kier molecular flexibility index (Phi) is 5.78. The zero-order chi connectivity index (χ0) is 25.7. The maximum Gasteiger partial charge on any atom is 0.403 e. The molecule has 192 valence electrons. The minimum atomic E-state index is -4.23. The number of pyridine rings is 1. The summed E-state index contributed by atoms with van der Waals surface area (Å²) in [4.78, 5) is 17.7. The molecule has 37 heavy (non-hydrogen) atoms. The van der Waals surface area contributed by atoms with Crippen LogP contribution in [0.1, 0.15) is 31.9 Å². The SMILES string of the molecule is C[C@H](Nc1cc(-c2cc3nccn3c(N3C[C@@H]4C[C@H]3CN4[C@@H](C)C(F)(F)F)n2)ccn1)c1ccccc1. The van der Waals surface area contributed by atoms with Gasteiger partial charge in [-0.1, -0.05) is 30.3 Å². The van der Waals surface area contributed by atoms with E-state index in [9.17, 15) is 13.2 Å². The van der Waals surface area contributed by atoms with Crippen LogP contribution in [0, 0.1) is 0 Å². The number of nitrogens with one attached hydrogen (secondary N) is 1. The lowest BCUT2D eigenvalue weighted by Crippen LogP contribution is -2.54. The van der Waals surface area contributed by atoms with E-state index in [0.717, 1.165) is 28.3 Å². The van der Waals surface area contributed by atoms with Crippen LogP contribution in [-0.2, 0) is 0 Å². The third kappa shape index (κ3) is 4.39. The molecule has 7 nitrogen and oxygen atoms in total. The molecule has 10 heteroatoms. The van der Waals surface area contributed by atoms with Crippen LogP contribution in [-0.4, -0.2) is 61.6 Å². The van der Waals surface area contributed by atoms with E-state index in [1.54, 1.807) is 17.3 Å². The molecule has 6 rings (SSSR count). The number of benzene rings is 1. The van der Waals surface area contributed by atoms with Gasteiger partial charge in [0, 0.05) is 61.4 Å². The molecule has 2 saturated heterocycles. The van der Waals surface area contributed by atoms with E-state index in [2.05, 4.69) is 39.2 Å². The summed E-state index contributed by atoms with van der Waals surface area (Å²) in [6.45, 7) is 4.22. The number of nitrogens with zero attached hydrogens (tertiary/aromatic N) is 6. The summed E-state index contributed by atoms with van der Waals surface area (Å²) in [6.07, 6.45) is 1.79. The number of halogens is 3. The molecule has 0 spiro atoms. The van der Waals surface area contributed by atoms with Crippen LogP contribution < -0.4 is 10.2 Å². The lowest BCUT2D eigenvalue weighted by Gasteiger charge is -2.38. The highest BCUT2D eigenvalue weighted by Crippen LogP contribution is 2.39. The van der Waals surface area contributed by atoms with Crippen molar-refractivity contribution in [1.29, 1.82) is 0 Å². The number of rotatable bonds is 6. The summed E-state index contributed by atoms with van der Waals surface area (Å²) in [5, 5.41) is 3.45. The van der Waals surface area contributed by atoms with Crippen molar-refractivity contribution in [3.05, 3.63) is 72.7 Å². The average Bonchev–Trinajstić information content (AvgIpc) is 3.63. The second kappa shape index (κ2) is 9.02. The van der Waals surface area contributed by atoms with Gasteiger partial charge in [-0.3, -0.25) is 9.30 Å². The fourth-order valence-corrected chi connectivity index (χ4v) is 5.58. The number of fused-ring (bicyclic) bond motifs is 3. The van der Waals surface area contributed by atoms with Crippen LogP contribution in [0.5, 0.6) is 0 Å². The molecule has 1 N–H and O–H groups in total. The predicted octanol–water partition coefficient (Wildman–Crippen LogP) is 5.18. The first kappa shape index (κ1) is 23.7. The monoisotopic (exact) mass is 507 g/mol. The summed E-state index contributed by atoms with van der Waals surface area (Å²) in [5.74, 6) is 1.44. The maximum atomic E-state index is 13.4. The lowest BCUT2D eigenvalue weighted by molar-refractivity contribution is -0.181. The normalized spacial score (nSPS) is 21.5. The van der Waals surface area contributed by atoms with Crippen molar-refractivity contribution in [2.24, 2.45) is 0 Å². The van der Waals surface area contributed by atoms with Gasteiger partial charge in [0.05, 0.1) is 5.69 Å². The number of hydrogen-bond donors (Lipinski definition) is 1.